The van der Waals surface area contributed by atoms with Crippen LogP contribution in [0.1, 0.15) is 39.2 Å². The van der Waals surface area contributed by atoms with Gasteiger partial charge in [-0.3, -0.25) is 0 Å². The second-order valence-electron chi connectivity index (χ2n) is 29.5. The molecule has 8 nitrogen and oxygen atoms in total. The van der Waals surface area contributed by atoms with Crippen LogP contribution in [0.3, 0.4) is 0 Å². The fourth-order valence-corrected chi connectivity index (χ4v) is 13.7. The largest absolute Gasteiger partial charge is 0.305 e. The molecule has 0 atom stereocenters. The summed E-state index contributed by atoms with van der Waals surface area (Å²) in [6.45, 7) is 14.6. The van der Waals surface area contributed by atoms with Crippen molar-refractivity contribution >= 4 is 0 Å². The summed E-state index contributed by atoms with van der Waals surface area (Å²) in [5.41, 5.74) is 33.9. The van der Waals surface area contributed by atoms with Gasteiger partial charge < -0.3 is 39.9 Å². The van der Waals surface area contributed by atoms with Crippen LogP contribution in [-0.2, 0) is 80.4 Å². The molecule has 0 bridgehead atoms. The molecule has 0 aliphatic heterocycles. The average molecular weight is 2400 g/mol. The van der Waals surface area contributed by atoms with Crippen LogP contribution in [0.25, 0.3) is 135 Å². The Hall–Kier alpha value is -13.6. The van der Waals surface area contributed by atoms with E-state index >= 15 is 0 Å². The Labute approximate surface area is 827 Å². The molecule has 0 aliphatic carbocycles. The molecule has 8 heterocycles. The second-order valence-corrected chi connectivity index (χ2v) is 29.5. The molecular weight excluding hydrogens is 2310 g/mol. The predicted molar refractivity (Wildman–Crippen MR) is 523 cm³/mol. The molecule has 0 spiro atoms. The molecule has 0 N–H and O–H groups in total. The van der Waals surface area contributed by atoms with Gasteiger partial charge in [0.1, 0.15) is 0 Å². The van der Waals surface area contributed by atoms with Gasteiger partial charge in [0.2, 0.25) is 0 Å². The maximum absolute atomic E-state index is 4.55. The summed E-state index contributed by atoms with van der Waals surface area (Å²) >= 11 is 0. The fourth-order valence-electron chi connectivity index (χ4n) is 13.7. The summed E-state index contributed by atoms with van der Waals surface area (Å²) in [4.78, 5) is 35.5. The van der Waals surface area contributed by atoms with Crippen LogP contribution in [0.5, 0.6) is 0 Å². The Morgan fingerprint density at radius 2 is 0.412 bits per heavy atom. The van der Waals surface area contributed by atoms with Crippen molar-refractivity contribution in [2.24, 2.45) is 0 Å². The Kier molecular flexibility index (Phi) is 42.2. The molecule has 0 saturated heterocycles. The van der Waals surface area contributed by atoms with Crippen molar-refractivity contribution in [3.63, 3.8) is 0 Å². The molecule has 131 heavy (non-hydrogen) atoms. The summed E-state index contributed by atoms with van der Waals surface area (Å²) in [5, 5.41) is 0. The third-order valence-electron chi connectivity index (χ3n) is 19.9. The summed E-state index contributed by atoms with van der Waals surface area (Å²) in [6, 6.07) is 160. The zero-order valence-corrected chi connectivity index (χ0v) is 83.1. The van der Waals surface area contributed by atoms with Gasteiger partial charge in [-0.25, -0.2) is 0 Å². The van der Waals surface area contributed by atoms with E-state index in [1.54, 1.807) is 12.4 Å². The second kappa shape index (κ2) is 54.7. The first kappa shape index (κ1) is 101. The van der Waals surface area contributed by atoms with Crippen LogP contribution >= 0.6 is 0 Å². The van der Waals surface area contributed by atoms with Gasteiger partial charge in [0, 0.05) is 146 Å². The first-order chi connectivity index (χ1) is 62.4. The zero-order chi connectivity index (χ0) is 87.8. The Bertz CT molecular complexity index is 6010. The number of benzene rings is 12. The summed E-state index contributed by atoms with van der Waals surface area (Å²) in [6.07, 6.45) is 11.3. The molecule has 0 fully saturated rings. The van der Waals surface area contributed by atoms with Crippen molar-refractivity contribution in [3.8, 4) is 135 Å². The van der Waals surface area contributed by atoms with Gasteiger partial charge in [0.25, 0.3) is 0 Å². The maximum Gasteiger partial charge on any atom is 0.0268 e. The van der Waals surface area contributed by atoms with E-state index in [0.29, 0.717) is 0 Å². The third-order valence-corrected chi connectivity index (χ3v) is 19.9. The van der Waals surface area contributed by atoms with Crippen LogP contribution in [0.4, 0.5) is 0 Å². The number of hydrogen-bond acceptors (Lipinski definition) is 8. The van der Waals surface area contributed by atoms with E-state index in [1.165, 1.54) is 72.3 Å². The summed E-state index contributed by atoms with van der Waals surface area (Å²) in [7, 11) is 0. The predicted octanol–water partition coefficient (Wildman–Crippen LogP) is 29.2. The molecule has 0 aliphatic rings. The van der Waals surface area contributed by atoms with E-state index in [2.05, 4.69) is 220 Å². The molecule has 0 unspecified atom stereocenters. The van der Waals surface area contributed by atoms with Crippen molar-refractivity contribution in [1.29, 1.82) is 0 Å². The topological polar surface area (TPSA) is 103 Å². The minimum atomic E-state index is 0. The van der Waals surface area contributed by atoms with Crippen LogP contribution in [0, 0.1) is 97.0 Å². The Balaban J connectivity index is 0.000000169. The fraction of sp³-hybridized carbons (Fsp3) is 0.0588. The van der Waals surface area contributed by atoms with E-state index in [9.17, 15) is 0 Å². The molecular formula is C119H94Ir4N8-8. The van der Waals surface area contributed by atoms with Crippen molar-refractivity contribution in [3.05, 3.63) is 531 Å². The maximum atomic E-state index is 4.55. The standard InChI is InChI=1S/3C18H14N.C17H12N.2C13H12N.2C11H8N.4Ir/c3*1-14-12-18(16-10-6-3-7-11-16)19-13-17(14)15-8-4-2-5-9-15;1-3-7-14(8-4-1)16-11-12-18-17(13-16)15-9-5-2-6-10-15;2*1-10-8-11(2)14-13(9-10)12-6-4-3-5-7-12;2*1-2-6-10(7-3-1)11-8-4-5-9-12-11;;;;/h3*2-10,12-13H,1H3;1-9,11-13H;2*3-6,8-9H,1-2H3;2*1-6,8-9H;;;;/q8*-1;;;;. The van der Waals surface area contributed by atoms with Gasteiger partial charge in [0.05, 0.1) is 0 Å². The molecule has 654 valence electrons. The van der Waals surface area contributed by atoms with Gasteiger partial charge in [-0.2, -0.15) is 0 Å². The number of aryl methyl sites for hydroxylation is 7. The van der Waals surface area contributed by atoms with Gasteiger partial charge >= 0.3 is 0 Å². The molecule has 8 aromatic heterocycles. The van der Waals surface area contributed by atoms with Crippen LogP contribution in [0.2, 0.25) is 0 Å². The van der Waals surface area contributed by atoms with Gasteiger partial charge in [-0.05, 0) is 169 Å². The zero-order valence-electron chi connectivity index (χ0n) is 73.6. The quantitative estimate of drug-likeness (QED) is 0.111. The van der Waals surface area contributed by atoms with E-state index in [1.807, 2.05) is 348 Å². The van der Waals surface area contributed by atoms with E-state index in [-0.39, 0.29) is 80.4 Å². The number of aromatic nitrogens is 8. The number of nitrogens with zero attached hydrogens (tertiary/aromatic N) is 8. The van der Waals surface area contributed by atoms with Crippen LogP contribution in [0.15, 0.2) is 444 Å². The molecule has 20 rings (SSSR count). The normalized spacial score (nSPS) is 9.85. The van der Waals surface area contributed by atoms with Crippen molar-refractivity contribution in [1.82, 2.24) is 39.9 Å². The summed E-state index contributed by atoms with van der Waals surface area (Å²) in [5.74, 6) is 0. The number of hydrogen-bond donors (Lipinski definition) is 0. The molecule has 4 radical (unpaired) electrons. The van der Waals surface area contributed by atoms with Gasteiger partial charge in [0.15, 0.2) is 0 Å². The smallest absolute Gasteiger partial charge is 0.0268 e. The first-order valence-electron chi connectivity index (χ1n) is 42.0. The minimum absolute atomic E-state index is 0. The van der Waals surface area contributed by atoms with E-state index in [4.69, 9.17) is 0 Å². The molecule has 12 heteroatoms. The van der Waals surface area contributed by atoms with E-state index in [0.717, 1.165) is 101 Å². The summed E-state index contributed by atoms with van der Waals surface area (Å²) < 4.78 is 0. The average Bonchev–Trinajstić information content (AvgIpc) is 0.825. The van der Waals surface area contributed by atoms with Gasteiger partial charge in [-0.1, -0.05) is 193 Å². The molecule has 0 amide bonds. The number of pyridine rings is 8. The van der Waals surface area contributed by atoms with Crippen LogP contribution < -0.4 is 0 Å². The van der Waals surface area contributed by atoms with Crippen molar-refractivity contribution < 1.29 is 80.4 Å². The minimum Gasteiger partial charge on any atom is -0.305 e. The van der Waals surface area contributed by atoms with Gasteiger partial charge in [-0.15, -0.1) is 287 Å². The SMILES string of the molecule is Cc1cc(-c2[c-]cccc2)ncc1-c1ccccc1.Cc1cc(-c2[c-]cccc2)ncc1-c1ccccc1.Cc1cc(-c2[c-]cccc2)ncc1-c1ccccc1.Cc1cc(C)nc(-c2[c-]cccc2)c1.Cc1cc(C)nc(-c2[c-]cccc2)c1.[Ir].[Ir].[Ir].[Ir].[c-]1ccccc1-c1cc(-c2ccccc2)ccn1.[c-]1ccccc1-c1ccccn1.[c-]1ccccc1-c1ccccn1. The first-order valence-corrected chi connectivity index (χ1v) is 42.0. The molecule has 12 aromatic carbocycles. The van der Waals surface area contributed by atoms with Crippen molar-refractivity contribution in [2.75, 3.05) is 0 Å². The Morgan fingerprint density at radius 1 is 0.176 bits per heavy atom. The number of rotatable bonds is 12. The monoisotopic (exact) mass is 2410 g/mol. The Morgan fingerprint density at radius 3 is 0.656 bits per heavy atom. The molecule has 20 aromatic rings. The van der Waals surface area contributed by atoms with Crippen LogP contribution in [-0.4, -0.2) is 39.9 Å². The molecule has 0 saturated carbocycles. The van der Waals surface area contributed by atoms with Crippen molar-refractivity contribution in [2.45, 2.75) is 48.5 Å². The van der Waals surface area contributed by atoms with E-state index < -0.39 is 0 Å². The third kappa shape index (κ3) is 31.7.